The summed E-state index contributed by atoms with van der Waals surface area (Å²) in [5.41, 5.74) is 8.25. The average molecular weight is 328 g/mol. The number of thiophene rings is 1. The highest BCUT2D eigenvalue weighted by molar-refractivity contribution is 9.11. The smallest absolute Gasteiger partial charge is 0.124 e. The van der Waals surface area contributed by atoms with Crippen LogP contribution in [0.15, 0.2) is 33.4 Å². The molecule has 1 heterocycles. The van der Waals surface area contributed by atoms with Gasteiger partial charge in [0.25, 0.3) is 0 Å². The van der Waals surface area contributed by atoms with Gasteiger partial charge in [-0.15, -0.1) is 11.3 Å². The molecule has 0 aliphatic carbocycles. The predicted molar refractivity (Wildman–Crippen MR) is 77.6 cm³/mol. The largest absolute Gasteiger partial charge is 0.497 e. The second kappa shape index (κ2) is 5.73. The third-order valence-corrected chi connectivity index (χ3v) is 4.24. The molecule has 0 amide bonds. The molecule has 0 aliphatic rings. The molecule has 1 aromatic carbocycles. The normalized spacial score (nSPS) is 12.2. The first kappa shape index (κ1) is 13.4. The minimum Gasteiger partial charge on any atom is -0.497 e. The fourth-order valence-electron chi connectivity index (χ4n) is 1.75. The van der Waals surface area contributed by atoms with E-state index in [4.69, 9.17) is 15.2 Å². The maximum absolute atomic E-state index is 6.28. The lowest BCUT2D eigenvalue weighted by molar-refractivity contribution is 0.397. The van der Waals surface area contributed by atoms with Crippen molar-refractivity contribution in [3.63, 3.8) is 0 Å². The molecule has 3 nitrogen and oxygen atoms in total. The van der Waals surface area contributed by atoms with Crippen LogP contribution in [0.4, 0.5) is 0 Å². The molecule has 1 atom stereocenters. The number of rotatable bonds is 4. The quantitative estimate of drug-likeness (QED) is 0.933. The van der Waals surface area contributed by atoms with Gasteiger partial charge in [0.05, 0.1) is 24.0 Å². The molecule has 1 unspecified atom stereocenters. The molecule has 0 aliphatic heterocycles. The molecule has 0 fully saturated rings. The summed E-state index contributed by atoms with van der Waals surface area (Å²) >= 11 is 5.06. The Labute approximate surface area is 119 Å². The number of halogens is 1. The number of nitrogens with two attached hydrogens (primary N) is 1. The fourth-order valence-corrected chi connectivity index (χ4v) is 2.96. The van der Waals surface area contributed by atoms with Gasteiger partial charge < -0.3 is 15.2 Å². The molecule has 0 saturated carbocycles. The molecule has 5 heteroatoms. The number of methoxy groups -OCH3 is 2. The second-order valence-corrected chi connectivity index (χ2v) is 6.06. The maximum Gasteiger partial charge on any atom is 0.124 e. The van der Waals surface area contributed by atoms with Crippen LogP contribution < -0.4 is 15.2 Å². The van der Waals surface area contributed by atoms with E-state index in [9.17, 15) is 0 Å². The Hall–Kier alpha value is -1.04. The van der Waals surface area contributed by atoms with Crippen molar-refractivity contribution in [2.45, 2.75) is 6.04 Å². The summed E-state index contributed by atoms with van der Waals surface area (Å²) in [7, 11) is 3.28. The highest BCUT2D eigenvalue weighted by atomic mass is 79.9. The van der Waals surface area contributed by atoms with E-state index in [2.05, 4.69) is 15.9 Å². The second-order valence-electron chi connectivity index (χ2n) is 3.77. The average Bonchev–Trinajstić information content (AvgIpc) is 2.83. The molecule has 0 radical (unpaired) electrons. The van der Waals surface area contributed by atoms with E-state index < -0.39 is 0 Å². The fraction of sp³-hybridized carbons (Fsp3) is 0.231. The highest BCUT2D eigenvalue weighted by Gasteiger charge is 2.16. The minimum absolute atomic E-state index is 0.224. The maximum atomic E-state index is 6.28. The van der Waals surface area contributed by atoms with Crippen LogP contribution in [0.2, 0.25) is 0 Å². The molecule has 18 heavy (non-hydrogen) atoms. The van der Waals surface area contributed by atoms with Crippen LogP contribution in [-0.4, -0.2) is 14.2 Å². The molecular weight excluding hydrogens is 314 g/mol. The van der Waals surface area contributed by atoms with Crippen LogP contribution >= 0.6 is 27.3 Å². The number of benzene rings is 1. The Morgan fingerprint density at radius 1 is 1.22 bits per heavy atom. The van der Waals surface area contributed by atoms with Crippen LogP contribution in [0.25, 0.3) is 0 Å². The summed E-state index contributed by atoms with van der Waals surface area (Å²) < 4.78 is 11.6. The van der Waals surface area contributed by atoms with Crippen molar-refractivity contribution >= 4 is 27.3 Å². The van der Waals surface area contributed by atoms with Crippen LogP contribution in [-0.2, 0) is 0 Å². The van der Waals surface area contributed by atoms with E-state index in [1.165, 1.54) is 0 Å². The molecule has 0 spiro atoms. The molecule has 2 N–H and O–H groups in total. The summed E-state index contributed by atoms with van der Waals surface area (Å²) in [5.74, 6) is 1.54. The van der Waals surface area contributed by atoms with Crippen LogP contribution in [0.5, 0.6) is 11.5 Å². The lowest BCUT2D eigenvalue weighted by Crippen LogP contribution is -2.12. The van der Waals surface area contributed by atoms with Crippen molar-refractivity contribution in [3.05, 3.63) is 44.6 Å². The van der Waals surface area contributed by atoms with Gasteiger partial charge in [-0.25, -0.2) is 0 Å². The van der Waals surface area contributed by atoms with E-state index in [0.29, 0.717) is 0 Å². The van der Waals surface area contributed by atoms with Gasteiger partial charge in [-0.05, 0) is 51.1 Å². The van der Waals surface area contributed by atoms with Crippen molar-refractivity contribution in [3.8, 4) is 11.5 Å². The van der Waals surface area contributed by atoms with E-state index in [1.807, 2.05) is 29.6 Å². The zero-order valence-electron chi connectivity index (χ0n) is 10.1. The minimum atomic E-state index is -0.224. The molecule has 0 saturated heterocycles. The summed E-state index contributed by atoms with van der Waals surface area (Å²) in [5, 5.41) is 2.04. The van der Waals surface area contributed by atoms with Gasteiger partial charge in [0.2, 0.25) is 0 Å². The number of hydrogen-bond acceptors (Lipinski definition) is 4. The van der Waals surface area contributed by atoms with E-state index in [-0.39, 0.29) is 6.04 Å². The van der Waals surface area contributed by atoms with Crippen molar-refractivity contribution in [1.29, 1.82) is 0 Å². The zero-order chi connectivity index (χ0) is 13.1. The third kappa shape index (κ3) is 2.68. The first-order chi connectivity index (χ1) is 8.65. The first-order valence-corrected chi connectivity index (χ1v) is 7.04. The van der Waals surface area contributed by atoms with Gasteiger partial charge in [0, 0.05) is 5.56 Å². The van der Waals surface area contributed by atoms with E-state index in [1.54, 1.807) is 25.6 Å². The topological polar surface area (TPSA) is 44.5 Å². The Bertz CT molecular complexity index is 542. The summed E-state index contributed by atoms with van der Waals surface area (Å²) in [4.78, 5) is 0. The van der Waals surface area contributed by atoms with Gasteiger partial charge in [0.1, 0.15) is 11.5 Å². The number of hydrogen-bond donors (Lipinski definition) is 1. The molecule has 2 rings (SSSR count). The van der Waals surface area contributed by atoms with Gasteiger partial charge >= 0.3 is 0 Å². The summed E-state index contributed by atoms with van der Waals surface area (Å²) in [6, 6.07) is 7.44. The highest BCUT2D eigenvalue weighted by Crippen LogP contribution is 2.34. The van der Waals surface area contributed by atoms with E-state index in [0.717, 1.165) is 26.4 Å². The Morgan fingerprint density at radius 2 is 2.00 bits per heavy atom. The molecule has 2 aromatic rings. The Morgan fingerprint density at radius 3 is 2.56 bits per heavy atom. The first-order valence-electron chi connectivity index (χ1n) is 5.37. The predicted octanol–water partition coefficient (Wildman–Crippen LogP) is 3.58. The van der Waals surface area contributed by atoms with Gasteiger partial charge in [-0.2, -0.15) is 0 Å². The lowest BCUT2D eigenvalue weighted by atomic mass is 10.0. The molecule has 0 bridgehead atoms. The van der Waals surface area contributed by atoms with Crippen molar-refractivity contribution in [2.24, 2.45) is 5.73 Å². The van der Waals surface area contributed by atoms with Crippen LogP contribution in [0.3, 0.4) is 0 Å². The lowest BCUT2D eigenvalue weighted by Gasteiger charge is -2.15. The van der Waals surface area contributed by atoms with Gasteiger partial charge in [-0.1, -0.05) is 0 Å². The molecule has 96 valence electrons. The summed E-state index contributed by atoms with van der Waals surface area (Å²) in [6.07, 6.45) is 0. The molecular formula is C13H14BrNO2S. The zero-order valence-corrected chi connectivity index (χ0v) is 12.5. The van der Waals surface area contributed by atoms with Gasteiger partial charge in [-0.3, -0.25) is 0 Å². The van der Waals surface area contributed by atoms with Crippen molar-refractivity contribution in [1.82, 2.24) is 0 Å². The Kier molecular flexibility index (Phi) is 4.27. The van der Waals surface area contributed by atoms with Crippen LogP contribution in [0.1, 0.15) is 17.2 Å². The van der Waals surface area contributed by atoms with E-state index >= 15 is 0 Å². The Balaban J connectivity index is 2.41. The van der Waals surface area contributed by atoms with Gasteiger partial charge in [0.15, 0.2) is 0 Å². The number of ether oxygens (including phenoxy) is 2. The SMILES string of the molecule is COc1ccc(OC)c(C(N)c2csc(Br)c2)c1. The monoisotopic (exact) mass is 327 g/mol. The summed E-state index contributed by atoms with van der Waals surface area (Å²) in [6.45, 7) is 0. The molecule has 1 aromatic heterocycles. The third-order valence-electron chi connectivity index (χ3n) is 2.72. The van der Waals surface area contributed by atoms with Crippen LogP contribution in [0, 0.1) is 0 Å². The van der Waals surface area contributed by atoms with Crippen molar-refractivity contribution < 1.29 is 9.47 Å². The standard InChI is InChI=1S/C13H14BrNO2S/c1-16-9-3-4-11(17-2)10(6-9)13(15)8-5-12(14)18-7-8/h3-7,13H,15H2,1-2H3. The van der Waals surface area contributed by atoms with Crippen molar-refractivity contribution in [2.75, 3.05) is 14.2 Å².